The summed E-state index contributed by atoms with van der Waals surface area (Å²) in [6.45, 7) is 4.57. The maximum Gasteiger partial charge on any atom is 0.327 e. The van der Waals surface area contributed by atoms with Gasteiger partial charge in [0.2, 0.25) is 0 Å². The van der Waals surface area contributed by atoms with Gasteiger partial charge in [-0.05, 0) is 19.8 Å². The van der Waals surface area contributed by atoms with E-state index < -0.39 is 0 Å². The normalized spacial score (nSPS) is 10.6. The number of carbonyl (C=O) groups is 1. The Morgan fingerprint density at radius 2 is 1.95 bits per heavy atom. The monoisotopic (exact) mass is 267 g/mol. The minimum atomic E-state index is -0.265. The highest BCUT2D eigenvalue weighted by Gasteiger charge is 2.06. The van der Waals surface area contributed by atoms with Crippen LogP contribution >= 0.6 is 0 Å². The maximum atomic E-state index is 11.3. The molecule has 0 amide bonds. The zero-order valence-corrected chi connectivity index (χ0v) is 12.1. The topological polar surface area (TPSA) is 57.0 Å². The second-order valence-corrected chi connectivity index (χ2v) is 4.73. The molecule has 0 saturated heterocycles. The van der Waals surface area contributed by atoms with Gasteiger partial charge in [0.25, 0.3) is 0 Å². The molecule has 108 valence electrons. The van der Waals surface area contributed by atoms with Crippen LogP contribution in [0, 0.1) is 0 Å². The standard InChI is InChI=1S/C14H25N3O2/c1-3-5-6-7-8-9-10-13-11-17(16-15-13)12-14(18)19-4-2/h11H,3-10,12H2,1-2H3. The summed E-state index contributed by atoms with van der Waals surface area (Å²) in [5, 5.41) is 8.00. The van der Waals surface area contributed by atoms with Crippen molar-refractivity contribution in [3.05, 3.63) is 11.9 Å². The summed E-state index contributed by atoms with van der Waals surface area (Å²) in [6.07, 6.45) is 10.4. The summed E-state index contributed by atoms with van der Waals surface area (Å²) in [7, 11) is 0. The van der Waals surface area contributed by atoms with Crippen molar-refractivity contribution >= 4 is 5.97 Å². The molecule has 0 aliphatic heterocycles. The van der Waals surface area contributed by atoms with Crippen LogP contribution in [0.25, 0.3) is 0 Å². The number of esters is 1. The van der Waals surface area contributed by atoms with E-state index in [1.807, 2.05) is 6.20 Å². The van der Waals surface area contributed by atoms with Gasteiger partial charge in [-0.2, -0.15) is 0 Å². The van der Waals surface area contributed by atoms with Gasteiger partial charge in [0.05, 0.1) is 12.3 Å². The van der Waals surface area contributed by atoms with E-state index in [9.17, 15) is 4.79 Å². The number of carbonyl (C=O) groups excluding carboxylic acids is 1. The Hall–Kier alpha value is -1.39. The third-order valence-electron chi connectivity index (χ3n) is 2.97. The zero-order valence-electron chi connectivity index (χ0n) is 12.1. The van der Waals surface area contributed by atoms with E-state index in [1.54, 1.807) is 11.6 Å². The molecule has 0 saturated carbocycles. The number of aryl methyl sites for hydroxylation is 1. The summed E-state index contributed by atoms with van der Waals surface area (Å²) < 4.78 is 6.41. The molecule has 1 heterocycles. The first-order valence-corrected chi connectivity index (χ1v) is 7.30. The van der Waals surface area contributed by atoms with E-state index in [4.69, 9.17) is 4.74 Å². The smallest absolute Gasteiger partial charge is 0.327 e. The molecule has 1 rings (SSSR count). The fraction of sp³-hybridized carbons (Fsp3) is 0.786. The van der Waals surface area contributed by atoms with Crippen molar-refractivity contribution in [2.75, 3.05) is 6.61 Å². The third kappa shape index (κ3) is 6.94. The highest BCUT2D eigenvalue weighted by Crippen LogP contribution is 2.08. The van der Waals surface area contributed by atoms with Crippen LogP contribution in [0.4, 0.5) is 0 Å². The molecular weight excluding hydrogens is 242 g/mol. The van der Waals surface area contributed by atoms with E-state index in [2.05, 4.69) is 17.2 Å². The van der Waals surface area contributed by atoms with Gasteiger partial charge in [0, 0.05) is 6.20 Å². The summed E-state index contributed by atoms with van der Waals surface area (Å²) in [6, 6.07) is 0. The lowest BCUT2D eigenvalue weighted by atomic mass is 10.1. The van der Waals surface area contributed by atoms with Crippen LogP contribution in [0.15, 0.2) is 6.20 Å². The van der Waals surface area contributed by atoms with Gasteiger partial charge in [-0.3, -0.25) is 4.79 Å². The Labute approximate surface area is 115 Å². The minimum absolute atomic E-state index is 0.150. The molecule has 0 atom stereocenters. The first kappa shape index (κ1) is 15.7. The number of nitrogens with zero attached hydrogens (tertiary/aromatic N) is 3. The molecule has 1 aromatic heterocycles. The van der Waals surface area contributed by atoms with Crippen molar-refractivity contribution in [2.45, 2.75) is 65.3 Å². The van der Waals surface area contributed by atoms with Crippen molar-refractivity contribution in [2.24, 2.45) is 0 Å². The number of aromatic nitrogens is 3. The van der Waals surface area contributed by atoms with E-state index >= 15 is 0 Å². The Morgan fingerprint density at radius 1 is 1.21 bits per heavy atom. The molecule has 0 aliphatic rings. The second-order valence-electron chi connectivity index (χ2n) is 4.73. The Bertz CT molecular complexity index is 363. The van der Waals surface area contributed by atoms with Crippen molar-refractivity contribution < 1.29 is 9.53 Å². The Balaban J connectivity index is 2.18. The van der Waals surface area contributed by atoms with Gasteiger partial charge >= 0.3 is 5.97 Å². The van der Waals surface area contributed by atoms with E-state index in [0.717, 1.165) is 18.5 Å². The molecule has 0 aliphatic carbocycles. The van der Waals surface area contributed by atoms with Gasteiger partial charge in [-0.15, -0.1) is 5.10 Å². The lowest BCUT2D eigenvalue weighted by molar-refractivity contribution is -0.144. The molecule has 1 aromatic rings. The van der Waals surface area contributed by atoms with Gasteiger partial charge in [0.15, 0.2) is 0 Å². The van der Waals surface area contributed by atoms with Gasteiger partial charge in [-0.1, -0.05) is 44.2 Å². The Morgan fingerprint density at radius 3 is 2.68 bits per heavy atom. The zero-order chi connectivity index (χ0) is 13.9. The molecule has 0 bridgehead atoms. The highest BCUT2D eigenvalue weighted by atomic mass is 16.5. The number of ether oxygens (including phenoxy) is 1. The van der Waals surface area contributed by atoms with Crippen LogP contribution in [-0.2, 0) is 22.5 Å². The van der Waals surface area contributed by atoms with Crippen molar-refractivity contribution in [3.8, 4) is 0 Å². The largest absolute Gasteiger partial charge is 0.465 e. The fourth-order valence-corrected chi connectivity index (χ4v) is 1.96. The maximum absolute atomic E-state index is 11.3. The minimum Gasteiger partial charge on any atom is -0.465 e. The summed E-state index contributed by atoms with van der Waals surface area (Å²) in [4.78, 5) is 11.3. The van der Waals surface area contributed by atoms with E-state index in [0.29, 0.717) is 6.61 Å². The second kappa shape index (κ2) is 9.53. The molecule has 0 aromatic carbocycles. The van der Waals surface area contributed by atoms with Crippen LogP contribution in [0.3, 0.4) is 0 Å². The van der Waals surface area contributed by atoms with Gasteiger partial charge in [-0.25, -0.2) is 4.68 Å². The molecule has 0 radical (unpaired) electrons. The van der Waals surface area contributed by atoms with Gasteiger partial charge in [0.1, 0.15) is 6.54 Å². The van der Waals surface area contributed by atoms with Crippen molar-refractivity contribution in [1.82, 2.24) is 15.0 Å². The SMILES string of the molecule is CCCCCCCCc1cn(CC(=O)OCC)nn1. The quantitative estimate of drug-likeness (QED) is 0.483. The van der Waals surface area contributed by atoms with Crippen molar-refractivity contribution in [1.29, 1.82) is 0 Å². The third-order valence-corrected chi connectivity index (χ3v) is 2.97. The molecule has 5 heteroatoms. The van der Waals surface area contributed by atoms with Crippen LogP contribution in [0.2, 0.25) is 0 Å². The van der Waals surface area contributed by atoms with Crippen LogP contribution in [0.1, 0.15) is 58.1 Å². The number of hydrogen-bond donors (Lipinski definition) is 0. The molecule has 0 N–H and O–H groups in total. The molecule has 0 fully saturated rings. The fourth-order valence-electron chi connectivity index (χ4n) is 1.96. The molecular formula is C14H25N3O2. The van der Waals surface area contributed by atoms with Crippen LogP contribution in [-0.4, -0.2) is 27.6 Å². The van der Waals surface area contributed by atoms with Crippen LogP contribution < -0.4 is 0 Å². The predicted octanol–water partition coefficient (Wildman–Crippen LogP) is 2.74. The molecule has 0 spiro atoms. The lowest BCUT2D eigenvalue weighted by Gasteiger charge is -2.00. The average Bonchev–Trinajstić information content (AvgIpc) is 2.81. The first-order chi connectivity index (χ1) is 9.26. The predicted molar refractivity (Wildman–Crippen MR) is 73.7 cm³/mol. The summed E-state index contributed by atoms with van der Waals surface area (Å²) >= 11 is 0. The first-order valence-electron chi connectivity index (χ1n) is 7.30. The Kier molecular flexibility index (Phi) is 7.86. The lowest BCUT2D eigenvalue weighted by Crippen LogP contribution is -2.13. The summed E-state index contributed by atoms with van der Waals surface area (Å²) in [5.74, 6) is -0.265. The van der Waals surface area contributed by atoms with Gasteiger partial charge < -0.3 is 4.74 Å². The summed E-state index contributed by atoms with van der Waals surface area (Å²) in [5.41, 5.74) is 0.958. The van der Waals surface area contributed by atoms with Crippen molar-refractivity contribution in [3.63, 3.8) is 0 Å². The van der Waals surface area contributed by atoms with E-state index in [1.165, 1.54) is 32.1 Å². The van der Waals surface area contributed by atoms with Crippen LogP contribution in [0.5, 0.6) is 0 Å². The number of unbranched alkanes of at least 4 members (excludes halogenated alkanes) is 5. The number of rotatable bonds is 10. The number of hydrogen-bond acceptors (Lipinski definition) is 4. The molecule has 19 heavy (non-hydrogen) atoms. The average molecular weight is 267 g/mol. The molecule has 5 nitrogen and oxygen atoms in total. The van der Waals surface area contributed by atoms with E-state index in [-0.39, 0.29) is 12.5 Å². The highest BCUT2D eigenvalue weighted by molar-refractivity contribution is 5.68. The molecule has 0 unspecified atom stereocenters.